The maximum absolute atomic E-state index is 13.4. The minimum atomic E-state index is -3.99. The molecule has 1 aliphatic rings. The molecule has 2 heterocycles. The number of hydrogen-bond donors (Lipinski definition) is 1. The van der Waals surface area contributed by atoms with Gasteiger partial charge in [0.1, 0.15) is 4.90 Å². The highest BCUT2D eigenvalue weighted by Crippen LogP contribution is 2.32. The Morgan fingerprint density at radius 2 is 1.50 bits per heavy atom. The van der Waals surface area contributed by atoms with E-state index in [1.54, 1.807) is 0 Å². The van der Waals surface area contributed by atoms with Crippen molar-refractivity contribution in [1.82, 2.24) is 13.7 Å². The van der Waals surface area contributed by atoms with Crippen molar-refractivity contribution in [3.63, 3.8) is 0 Å². The van der Waals surface area contributed by atoms with Gasteiger partial charge in [-0.3, -0.25) is 0 Å². The Kier molecular flexibility index (Phi) is 8.56. The zero-order valence-electron chi connectivity index (χ0n) is 23.7. The van der Waals surface area contributed by atoms with Crippen molar-refractivity contribution in [2.24, 2.45) is 0 Å². The van der Waals surface area contributed by atoms with Crippen LogP contribution in [0, 0.1) is 0 Å². The van der Waals surface area contributed by atoms with Gasteiger partial charge >= 0.3 is 0 Å². The maximum Gasteiger partial charge on any atom is 0.244 e. The van der Waals surface area contributed by atoms with Crippen LogP contribution in [0.15, 0.2) is 82.6 Å². The number of hydrogen-bond acceptors (Lipinski definition) is 10. The Bertz CT molecular complexity index is 1750. The molecule has 1 unspecified atom stereocenters. The first-order valence-corrected chi connectivity index (χ1v) is 17.5. The van der Waals surface area contributed by atoms with Gasteiger partial charge in [-0.1, -0.05) is 36.4 Å². The van der Waals surface area contributed by atoms with E-state index in [1.807, 2.05) is 43.3 Å². The number of aromatic nitrogens is 2. The summed E-state index contributed by atoms with van der Waals surface area (Å²) in [6.45, 7) is 1.23. The third-order valence-electron chi connectivity index (χ3n) is 7.35. The normalized spacial score (nSPS) is 15.5. The topological polar surface area (TPSA) is 130 Å². The zero-order valence-corrected chi connectivity index (χ0v) is 26.2. The number of nitrogens with zero attached hydrogens (tertiary/aromatic N) is 5. The lowest BCUT2D eigenvalue weighted by Crippen LogP contribution is -2.48. The number of anilines is 3. The molecule has 0 aliphatic carbocycles. The van der Waals surface area contributed by atoms with Gasteiger partial charge in [-0.2, -0.15) is 8.68 Å². The molecule has 0 bridgehead atoms. The Balaban J connectivity index is 1.34. The monoisotopic (exact) mass is 626 g/mol. The van der Waals surface area contributed by atoms with Crippen LogP contribution in [0.4, 0.5) is 16.5 Å². The molecular formula is C29H34N6O4S3. The quantitative estimate of drug-likeness (QED) is 0.278. The molecule has 2 N–H and O–H groups in total. The fraction of sp³-hybridized carbons (Fsp3) is 0.310. The fourth-order valence-electron chi connectivity index (χ4n) is 4.98. The summed E-state index contributed by atoms with van der Waals surface area (Å²) < 4.78 is 57.4. The van der Waals surface area contributed by atoms with Gasteiger partial charge in [-0.05, 0) is 53.9 Å². The van der Waals surface area contributed by atoms with Crippen LogP contribution >= 0.6 is 11.5 Å². The number of benzene rings is 3. The summed E-state index contributed by atoms with van der Waals surface area (Å²) in [5, 5.41) is 0.724. The Labute approximate surface area is 251 Å². The molecule has 0 saturated carbocycles. The van der Waals surface area contributed by atoms with Gasteiger partial charge in [0.2, 0.25) is 15.2 Å². The minimum Gasteiger partial charge on any atom is -0.399 e. The second-order valence-electron chi connectivity index (χ2n) is 10.5. The van der Waals surface area contributed by atoms with Crippen LogP contribution in [-0.2, 0) is 26.3 Å². The number of nitrogens with two attached hydrogens (primary N) is 1. The molecule has 0 radical (unpaired) electrons. The number of nitrogen functional groups attached to an aromatic ring is 1. The van der Waals surface area contributed by atoms with Crippen LogP contribution in [0.2, 0.25) is 0 Å². The van der Waals surface area contributed by atoms with Crippen LogP contribution < -0.4 is 15.5 Å². The van der Waals surface area contributed by atoms with E-state index in [-0.39, 0.29) is 28.8 Å². The first-order valence-electron chi connectivity index (χ1n) is 13.4. The molecule has 13 heteroatoms. The van der Waals surface area contributed by atoms with Gasteiger partial charge in [0, 0.05) is 75.4 Å². The molecule has 1 aromatic heterocycles. The SMILES string of the molecule is CN(C)c1ccc(CC(c2ccc(N)cc2)c2nsc(N3CCN(S(=O)(=O)c4ccccc4S(C)(=O)=O)CC3)n2)cc1. The third kappa shape index (κ3) is 6.43. The molecule has 0 spiro atoms. The van der Waals surface area contributed by atoms with Crippen molar-refractivity contribution in [2.75, 3.05) is 62.1 Å². The number of sulfonamides is 1. The average molecular weight is 627 g/mol. The number of rotatable bonds is 9. The highest BCUT2D eigenvalue weighted by molar-refractivity contribution is 7.93. The van der Waals surface area contributed by atoms with Crippen LogP contribution in [-0.4, -0.2) is 77.0 Å². The van der Waals surface area contributed by atoms with Gasteiger partial charge in [-0.15, -0.1) is 0 Å². The molecular weight excluding hydrogens is 593 g/mol. The Morgan fingerprint density at radius 3 is 2.10 bits per heavy atom. The lowest BCUT2D eigenvalue weighted by Gasteiger charge is -2.33. The van der Waals surface area contributed by atoms with E-state index in [4.69, 9.17) is 15.1 Å². The van der Waals surface area contributed by atoms with Gasteiger partial charge in [0.05, 0.1) is 4.90 Å². The molecule has 222 valence electrons. The van der Waals surface area contributed by atoms with Gasteiger partial charge in [0.25, 0.3) is 0 Å². The Hall–Kier alpha value is -3.52. The third-order valence-corrected chi connectivity index (χ3v) is 11.4. The Morgan fingerprint density at radius 1 is 0.881 bits per heavy atom. The van der Waals surface area contributed by atoms with Crippen molar-refractivity contribution < 1.29 is 16.8 Å². The molecule has 1 aliphatic heterocycles. The van der Waals surface area contributed by atoms with E-state index in [0.717, 1.165) is 28.2 Å². The molecule has 42 heavy (non-hydrogen) atoms. The van der Waals surface area contributed by atoms with E-state index in [0.29, 0.717) is 31.0 Å². The predicted molar refractivity (Wildman–Crippen MR) is 168 cm³/mol. The van der Waals surface area contributed by atoms with Crippen LogP contribution in [0.25, 0.3) is 0 Å². The zero-order chi connectivity index (χ0) is 30.1. The second kappa shape index (κ2) is 12.0. The van der Waals surface area contributed by atoms with Crippen LogP contribution in [0.3, 0.4) is 0 Å². The standard InChI is InChI=1S/C29H34N6O4S3/c1-33(2)24-14-8-21(9-15-24)20-25(22-10-12-23(30)13-11-22)28-31-29(40-32-28)34-16-18-35(19-17-34)42(38,39)27-7-5-4-6-26(27)41(3,36)37/h4-15,25H,16-20,30H2,1-3H3. The van der Waals surface area contributed by atoms with Crippen molar-refractivity contribution in [3.05, 3.63) is 89.7 Å². The van der Waals surface area contributed by atoms with Gasteiger partial charge < -0.3 is 15.5 Å². The summed E-state index contributed by atoms with van der Waals surface area (Å²) in [5.74, 6) is 0.614. The smallest absolute Gasteiger partial charge is 0.244 e. The first-order chi connectivity index (χ1) is 19.9. The van der Waals surface area contributed by atoms with Crippen molar-refractivity contribution in [2.45, 2.75) is 22.1 Å². The molecule has 1 atom stereocenters. The highest BCUT2D eigenvalue weighted by atomic mass is 32.2. The first kappa shape index (κ1) is 30.0. The van der Waals surface area contributed by atoms with Crippen molar-refractivity contribution >= 4 is 47.9 Å². The van der Waals surface area contributed by atoms with Crippen LogP contribution in [0.1, 0.15) is 22.9 Å². The van der Waals surface area contributed by atoms with E-state index in [1.165, 1.54) is 40.1 Å². The molecule has 1 fully saturated rings. The lowest BCUT2D eigenvalue weighted by atomic mass is 9.91. The molecule has 5 rings (SSSR count). The average Bonchev–Trinajstić information content (AvgIpc) is 3.46. The molecule has 4 aromatic rings. The molecule has 3 aromatic carbocycles. The maximum atomic E-state index is 13.4. The van der Waals surface area contributed by atoms with Crippen molar-refractivity contribution in [3.8, 4) is 0 Å². The fourth-order valence-corrected chi connectivity index (χ4v) is 8.78. The van der Waals surface area contributed by atoms with Crippen molar-refractivity contribution in [1.29, 1.82) is 0 Å². The summed E-state index contributed by atoms with van der Waals surface area (Å²) >= 11 is 1.30. The molecule has 1 saturated heterocycles. The van der Waals surface area contributed by atoms with E-state index < -0.39 is 19.9 Å². The van der Waals surface area contributed by atoms with E-state index >= 15 is 0 Å². The molecule has 0 amide bonds. The van der Waals surface area contributed by atoms with E-state index in [9.17, 15) is 16.8 Å². The molecule has 10 nitrogen and oxygen atoms in total. The van der Waals surface area contributed by atoms with E-state index in [2.05, 4.69) is 29.2 Å². The highest BCUT2D eigenvalue weighted by Gasteiger charge is 2.33. The van der Waals surface area contributed by atoms with Gasteiger partial charge in [-0.25, -0.2) is 21.8 Å². The largest absolute Gasteiger partial charge is 0.399 e. The predicted octanol–water partition coefficient (Wildman–Crippen LogP) is 3.48. The van der Waals surface area contributed by atoms with Crippen LogP contribution in [0.5, 0.6) is 0 Å². The summed E-state index contributed by atoms with van der Waals surface area (Å²) in [7, 11) is -3.68. The number of piperazine rings is 1. The summed E-state index contributed by atoms with van der Waals surface area (Å²) in [4.78, 5) is 8.62. The summed E-state index contributed by atoms with van der Waals surface area (Å²) in [5.41, 5.74) is 9.99. The summed E-state index contributed by atoms with van der Waals surface area (Å²) in [6, 6.07) is 21.9. The lowest BCUT2D eigenvalue weighted by molar-refractivity contribution is 0.383. The van der Waals surface area contributed by atoms with Gasteiger partial charge in [0.15, 0.2) is 15.7 Å². The second-order valence-corrected chi connectivity index (χ2v) is 15.2. The number of sulfone groups is 1. The minimum absolute atomic E-state index is 0.0880. The summed E-state index contributed by atoms with van der Waals surface area (Å²) in [6.07, 6.45) is 1.72.